The van der Waals surface area contributed by atoms with Gasteiger partial charge in [-0.3, -0.25) is 4.79 Å². The standard InChI is InChI=1S/C14H18Cl2N2O5S/c15-11-1-2-12(16)13(9-11)23-10-14(19)17-3-8-24(20,21)18-4-6-22-7-5-18/h1-2,9H,3-8,10H2,(H,17,19). The summed E-state index contributed by atoms with van der Waals surface area (Å²) in [5.41, 5.74) is 0. The maximum atomic E-state index is 12.1. The van der Waals surface area contributed by atoms with Crippen LogP contribution in [0.15, 0.2) is 18.2 Å². The number of ether oxygens (including phenoxy) is 2. The maximum absolute atomic E-state index is 12.1. The SMILES string of the molecule is O=C(COc1cc(Cl)ccc1Cl)NCCS(=O)(=O)N1CCOCC1. The van der Waals surface area contributed by atoms with E-state index in [4.69, 9.17) is 32.7 Å². The number of halogens is 2. The van der Waals surface area contributed by atoms with Crippen LogP contribution in [0, 0.1) is 0 Å². The molecular weight excluding hydrogens is 379 g/mol. The third kappa shape index (κ3) is 5.78. The third-order valence-electron chi connectivity index (χ3n) is 3.30. The smallest absolute Gasteiger partial charge is 0.257 e. The Morgan fingerprint density at radius 2 is 2.00 bits per heavy atom. The summed E-state index contributed by atoms with van der Waals surface area (Å²) in [4.78, 5) is 11.7. The van der Waals surface area contributed by atoms with Crippen molar-refractivity contribution in [3.8, 4) is 5.75 Å². The molecule has 1 saturated heterocycles. The van der Waals surface area contributed by atoms with Crippen LogP contribution in [-0.2, 0) is 19.6 Å². The lowest BCUT2D eigenvalue weighted by atomic mass is 10.3. The van der Waals surface area contributed by atoms with E-state index < -0.39 is 15.9 Å². The number of morpholine rings is 1. The average Bonchev–Trinajstić information content (AvgIpc) is 2.56. The van der Waals surface area contributed by atoms with Gasteiger partial charge in [-0.25, -0.2) is 8.42 Å². The molecule has 0 bridgehead atoms. The molecule has 0 aliphatic carbocycles. The molecule has 24 heavy (non-hydrogen) atoms. The number of benzene rings is 1. The van der Waals surface area contributed by atoms with Crippen LogP contribution >= 0.6 is 23.2 Å². The first-order valence-electron chi connectivity index (χ1n) is 7.28. The fraction of sp³-hybridized carbons (Fsp3) is 0.500. The monoisotopic (exact) mass is 396 g/mol. The highest BCUT2D eigenvalue weighted by atomic mass is 35.5. The number of hydrogen-bond donors (Lipinski definition) is 1. The molecule has 0 saturated carbocycles. The van der Waals surface area contributed by atoms with Crippen LogP contribution in [0.3, 0.4) is 0 Å². The van der Waals surface area contributed by atoms with Crippen molar-refractivity contribution >= 4 is 39.1 Å². The Bertz CT molecular complexity index is 678. The minimum Gasteiger partial charge on any atom is -0.482 e. The van der Waals surface area contributed by atoms with Gasteiger partial charge in [0.25, 0.3) is 5.91 Å². The van der Waals surface area contributed by atoms with Gasteiger partial charge in [-0.1, -0.05) is 23.2 Å². The Kier molecular flexibility index (Phi) is 7.12. The van der Waals surface area contributed by atoms with Gasteiger partial charge in [0, 0.05) is 30.7 Å². The number of carbonyl (C=O) groups excluding carboxylic acids is 1. The molecule has 1 N–H and O–H groups in total. The summed E-state index contributed by atoms with van der Waals surface area (Å²) in [6.45, 7) is 1.18. The van der Waals surface area contributed by atoms with E-state index in [1.807, 2.05) is 0 Å². The lowest BCUT2D eigenvalue weighted by Crippen LogP contribution is -2.44. The minimum absolute atomic E-state index is 0.00512. The van der Waals surface area contributed by atoms with Gasteiger partial charge in [-0.05, 0) is 12.1 Å². The van der Waals surface area contributed by atoms with Crippen LogP contribution in [-0.4, -0.2) is 63.8 Å². The molecule has 1 fully saturated rings. The normalized spacial score (nSPS) is 15.9. The Morgan fingerprint density at radius 3 is 2.71 bits per heavy atom. The van der Waals surface area contributed by atoms with Crippen molar-refractivity contribution in [3.63, 3.8) is 0 Å². The first-order valence-corrected chi connectivity index (χ1v) is 9.65. The first kappa shape index (κ1) is 19.3. The van der Waals surface area contributed by atoms with Gasteiger partial charge in [0.2, 0.25) is 10.0 Å². The van der Waals surface area contributed by atoms with Gasteiger partial charge in [0.05, 0.1) is 24.0 Å². The second kappa shape index (κ2) is 8.87. The molecule has 0 spiro atoms. The number of carbonyl (C=O) groups is 1. The van der Waals surface area contributed by atoms with E-state index in [0.717, 1.165) is 0 Å². The van der Waals surface area contributed by atoms with Gasteiger partial charge in [-0.2, -0.15) is 4.31 Å². The summed E-state index contributed by atoms with van der Waals surface area (Å²) < 4.78 is 35.9. The fourth-order valence-corrected chi connectivity index (χ4v) is 3.71. The largest absolute Gasteiger partial charge is 0.482 e. The first-order chi connectivity index (χ1) is 11.4. The zero-order valence-corrected chi connectivity index (χ0v) is 15.2. The predicted octanol–water partition coefficient (Wildman–Crippen LogP) is 1.15. The van der Waals surface area contributed by atoms with Crippen LogP contribution in [0.2, 0.25) is 10.0 Å². The molecular formula is C14H18Cl2N2O5S. The van der Waals surface area contributed by atoms with E-state index in [0.29, 0.717) is 42.1 Å². The van der Waals surface area contributed by atoms with E-state index >= 15 is 0 Å². The second-order valence-corrected chi connectivity index (χ2v) is 7.97. The number of nitrogens with one attached hydrogen (secondary N) is 1. The molecule has 1 heterocycles. The summed E-state index contributed by atoms with van der Waals surface area (Å²) in [5.74, 6) is -0.320. The van der Waals surface area contributed by atoms with Crippen molar-refractivity contribution in [2.75, 3.05) is 45.2 Å². The molecule has 7 nitrogen and oxygen atoms in total. The lowest BCUT2D eigenvalue weighted by molar-refractivity contribution is -0.122. The number of sulfonamides is 1. The highest BCUT2D eigenvalue weighted by Crippen LogP contribution is 2.27. The van der Waals surface area contributed by atoms with Crippen LogP contribution < -0.4 is 10.1 Å². The predicted molar refractivity (Wildman–Crippen MR) is 91.1 cm³/mol. The molecule has 1 aromatic carbocycles. The van der Waals surface area contributed by atoms with Crippen LogP contribution in [0.5, 0.6) is 5.75 Å². The second-order valence-electron chi connectivity index (χ2n) is 5.04. The molecule has 1 amide bonds. The van der Waals surface area contributed by atoms with Crippen LogP contribution in [0.4, 0.5) is 0 Å². The highest BCUT2D eigenvalue weighted by Gasteiger charge is 2.23. The molecule has 2 rings (SSSR count). The van der Waals surface area contributed by atoms with Crippen molar-refractivity contribution in [1.29, 1.82) is 0 Å². The Labute approximate surface area is 150 Å². The van der Waals surface area contributed by atoms with Crippen molar-refractivity contribution in [1.82, 2.24) is 9.62 Å². The van der Waals surface area contributed by atoms with E-state index in [1.54, 1.807) is 12.1 Å². The zero-order valence-electron chi connectivity index (χ0n) is 12.8. The summed E-state index contributed by atoms with van der Waals surface area (Å²) in [6.07, 6.45) is 0. The number of hydrogen-bond acceptors (Lipinski definition) is 5. The highest BCUT2D eigenvalue weighted by molar-refractivity contribution is 7.89. The summed E-state index contributed by atoms with van der Waals surface area (Å²) in [6, 6.07) is 4.67. The molecule has 1 aromatic rings. The third-order valence-corrected chi connectivity index (χ3v) is 5.72. The van der Waals surface area contributed by atoms with Gasteiger partial charge in [0.15, 0.2) is 6.61 Å². The van der Waals surface area contributed by atoms with Crippen molar-refractivity contribution in [2.24, 2.45) is 0 Å². The van der Waals surface area contributed by atoms with Crippen molar-refractivity contribution < 1.29 is 22.7 Å². The topological polar surface area (TPSA) is 84.9 Å². The summed E-state index contributed by atoms with van der Waals surface area (Å²) >= 11 is 11.7. The summed E-state index contributed by atoms with van der Waals surface area (Å²) in [5, 5.41) is 3.28. The molecule has 0 atom stereocenters. The Balaban J connectivity index is 1.74. The zero-order chi connectivity index (χ0) is 17.6. The molecule has 1 aliphatic heterocycles. The molecule has 10 heteroatoms. The van der Waals surface area contributed by atoms with Crippen LogP contribution in [0.25, 0.3) is 0 Å². The molecule has 0 unspecified atom stereocenters. The van der Waals surface area contributed by atoms with E-state index in [2.05, 4.69) is 5.32 Å². The fourth-order valence-electron chi connectivity index (χ4n) is 2.06. The number of rotatable bonds is 7. The van der Waals surface area contributed by atoms with Gasteiger partial charge in [0.1, 0.15) is 5.75 Å². The van der Waals surface area contributed by atoms with Gasteiger partial charge < -0.3 is 14.8 Å². The van der Waals surface area contributed by atoms with Gasteiger partial charge >= 0.3 is 0 Å². The lowest BCUT2D eigenvalue weighted by Gasteiger charge is -2.26. The quantitative estimate of drug-likeness (QED) is 0.746. The maximum Gasteiger partial charge on any atom is 0.257 e. The molecule has 0 radical (unpaired) electrons. The molecule has 134 valence electrons. The van der Waals surface area contributed by atoms with Gasteiger partial charge in [-0.15, -0.1) is 0 Å². The Morgan fingerprint density at radius 1 is 1.29 bits per heavy atom. The molecule has 1 aliphatic rings. The Hall–Kier alpha value is -1.06. The van der Waals surface area contributed by atoms with Crippen molar-refractivity contribution in [3.05, 3.63) is 28.2 Å². The minimum atomic E-state index is -3.40. The number of amides is 1. The molecule has 0 aromatic heterocycles. The van der Waals surface area contributed by atoms with Crippen LogP contribution in [0.1, 0.15) is 0 Å². The van der Waals surface area contributed by atoms with Crippen molar-refractivity contribution in [2.45, 2.75) is 0 Å². The number of nitrogens with zero attached hydrogens (tertiary/aromatic N) is 1. The average molecular weight is 397 g/mol. The van der Waals surface area contributed by atoms with E-state index in [1.165, 1.54) is 10.4 Å². The van der Waals surface area contributed by atoms with E-state index in [-0.39, 0.29) is 18.9 Å². The van der Waals surface area contributed by atoms with E-state index in [9.17, 15) is 13.2 Å². The summed E-state index contributed by atoms with van der Waals surface area (Å²) in [7, 11) is -3.40.